The van der Waals surface area contributed by atoms with Crippen LogP contribution < -0.4 is 5.73 Å². The van der Waals surface area contributed by atoms with Gasteiger partial charge in [-0.05, 0) is 64.7 Å². The number of hydrogen-bond donors (Lipinski definition) is 1. The molecule has 1 aliphatic heterocycles. The van der Waals surface area contributed by atoms with Crippen molar-refractivity contribution in [2.45, 2.75) is 25.8 Å². The Bertz CT molecular complexity index is 470. The summed E-state index contributed by atoms with van der Waals surface area (Å²) in [5, 5.41) is 2.02. The zero-order valence-electron chi connectivity index (χ0n) is 11.0. The molecule has 2 rings (SSSR count). The maximum atomic E-state index is 12.1. The molecule has 2 N–H and O–H groups in total. The summed E-state index contributed by atoms with van der Waals surface area (Å²) in [6.45, 7) is 3.66. The molecule has 1 amide bonds. The smallest absolute Gasteiger partial charge is 0.246 e. The number of carbonyl (C=O) groups is 1. The van der Waals surface area contributed by atoms with Crippen LogP contribution in [0.2, 0.25) is 0 Å². The molecule has 0 radical (unpaired) electrons. The molecule has 1 saturated heterocycles. The van der Waals surface area contributed by atoms with E-state index < -0.39 is 0 Å². The first-order valence-corrected chi connectivity index (χ1v) is 8.20. The number of halogens is 1. The number of rotatable bonds is 3. The molecule has 2 atom stereocenters. The van der Waals surface area contributed by atoms with Crippen LogP contribution in [-0.4, -0.2) is 29.9 Å². The van der Waals surface area contributed by atoms with Gasteiger partial charge in [-0.25, -0.2) is 0 Å². The van der Waals surface area contributed by atoms with Crippen LogP contribution in [0.3, 0.4) is 0 Å². The predicted molar refractivity (Wildman–Crippen MR) is 84.0 cm³/mol. The molecule has 0 saturated carbocycles. The molecule has 0 bridgehead atoms. The first-order valence-electron chi connectivity index (χ1n) is 6.53. The highest BCUT2D eigenvalue weighted by atomic mass is 79.9. The Labute approximate surface area is 126 Å². The molecule has 0 aliphatic carbocycles. The Morgan fingerprint density at radius 3 is 3.11 bits per heavy atom. The summed E-state index contributed by atoms with van der Waals surface area (Å²) in [6, 6.07) is 2.17. The molecule has 0 spiro atoms. The number of piperidine rings is 1. The molecule has 19 heavy (non-hydrogen) atoms. The minimum absolute atomic E-state index is 0.0904. The molecule has 5 heteroatoms. The van der Waals surface area contributed by atoms with Gasteiger partial charge in [0.1, 0.15) is 0 Å². The van der Waals surface area contributed by atoms with E-state index in [0.717, 1.165) is 35.3 Å². The van der Waals surface area contributed by atoms with Crippen molar-refractivity contribution < 1.29 is 4.79 Å². The second-order valence-electron chi connectivity index (χ2n) is 5.06. The molecular weight excluding hydrogens is 324 g/mol. The van der Waals surface area contributed by atoms with E-state index >= 15 is 0 Å². The van der Waals surface area contributed by atoms with E-state index in [1.165, 1.54) is 0 Å². The first-order chi connectivity index (χ1) is 9.06. The van der Waals surface area contributed by atoms with E-state index in [1.54, 1.807) is 17.4 Å². The van der Waals surface area contributed by atoms with Gasteiger partial charge in [-0.3, -0.25) is 4.79 Å². The SMILES string of the molecule is CC(N)C1CCCN(C(=O)C=Cc2csc(Br)c2)C1. The Morgan fingerprint density at radius 2 is 2.47 bits per heavy atom. The van der Waals surface area contributed by atoms with Crippen molar-refractivity contribution in [3.05, 3.63) is 26.9 Å². The molecule has 1 aliphatic rings. The van der Waals surface area contributed by atoms with Crippen LogP contribution in [0.5, 0.6) is 0 Å². The van der Waals surface area contributed by atoms with Crippen LogP contribution in [0.25, 0.3) is 6.08 Å². The van der Waals surface area contributed by atoms with Gasteiger partial charge in [0, 0.05) is 25.2 Å². The summed E-state index contributed by atoms with van der Waals surface area (Å²) in [6.07, 6.45) is 5.72. The fourth-order valence-corrected chi connectivity index (χ4v) is 3.47. The van der Waals surface area contributed by atoms with Gasteiger partial charge < -0.3 is 10.6 Å². The Hall–Kier alpha value is -0.650. The number of thiophene rings is 1. The van der Waals surface area contributed by atoms with Crippen molar-refractivity contribution in [2.24, 2.45) is 11.7 Å². The number of nitrogens with zero attached hydrogens (tertiary/aromatic N) is 1. The lowest BCUT2D eigenvalue weighted by Gasteiger charge is -2.34. The van der Waals surface area contributed by atoms with Crippen molar-refractivity contribution in [1.82, 2.24) is 4.90 Å². The largest absolute Gasteiger partial charge is 0.339 e. The number of likely N-dealkylation sites (tertiary alicyclic amines) is 1. The monoisotopic (exact) mass is 342 g/mol. The van der Waals surface area contributed by atoms with Gasteiger partial charge in [-0.1, -0.05) is 0 Å². The van der Waals surface area contributed by atoms with E-state index in [2.05, 4.69) is 15.9 Å². The molecule has 2 heterocycles. The van der Waals surface area contributed by atoms with Crippen molar-refractivity contribution in [3.63, 3.8) is 0 Å². The van der Waals surface area contributed by atoms with Gasteiger partial charge in [-0.15, -0.1) is 11.3 Å². The normalized spacial score (nSPS) is 21.8. The van der Waals surface area contributed by atoms with Crippen LogP contribution >= 0.6 is 27.3 Å². The van der Waals surface area contributed by atoms with Crippen molar-refractivity contribution >= 4 is 39.2 Å². The van der Waals surface area contributed by atoms with Gasteiger partial charge in [-0.2, -0.15) is 0 Å². The summed E-state index contributed by atoms with van der Waals surface area (Å²) >= 11 is 5.03. The van der Waals surface area contributed by atoms with Crippen LogP contribution in [-0.2, 0) is 4.79 Å². The summed E-state index contributed by atoms with van der Waals surface area (Å²) in [5.74, 6) is 0.522. The fraction of sp³-hybridized carbons (Fsp3) is 0.500. The molecule has 1 aromatic rings. The molecule has 0 aromatic carbocycles. The maximum Gasteiger partial charge on any atom is 0.246 e. The first kappa shape index (κ1) is 14.8. The molecule has 2 unspecified atom stereocenters. The van der Waals surface area contributed by atoms with Gasteiger partial charge in [0.25, 0.3) is 0 Å². The van der Waals surface area contributed by atoms with Gasteiger partial charge in [0.05, 0.1) is 3.79 Å². The van der Waals surface area contributed by atoms with Crippen LogP contribution in [0.15, 0.2) is 21.3 Å². The Morgan fingerprint density at radius 1 is 1.68 bits per heavy atom. The van der Waals surface area contributed by atoms with Gasteiger partial charge in [0.15, 0.2) is 0 Å². The summed E-state index contributed by atoms with van der Waals surface area (Å²) in [5.41, 5.74) is 7.00. The molecule has 3 nitrogen and oxygen atoms in total. The van der Waals surface area contributed by atoms with E-state index in [0.29, 0.717) is 5.92 Å². The highest BCUT2D eigenvalue weighted by molar-refractivity contribution is 9.11. The lowest BCUT2D eigenvalue weighted by molar-refractivity contribution is -0.127. The molecule has 1 fully saturated rings. The fourth-order valence-electron chi connectivity index (χ4n) is 2.32. The summed E-state index contributed by atoms with van der Waals surface area (Å²) < 4.78 is 1.08. The quantitative estimate of drug-likeness (QED) is 0.858. The lowest BCUT2D eigenvalue weighted by atomic mass is 9.92. The standard InChI is InChI=1S/C14H19BrN2OS/c1-10(16)12-3-2-6-17(8-12)14(18)5-4-11-7-13(15)19-9-11/h4-5,7,9-10,12H,2-3,6,8,16H2,1H3. The minimum Gasteiger partial charge on any atom is -0.339 e. The van der Waals surface area contributed by atoms with Crippen LogP contribution in [0.1, 0.15) is 25.3 Å². The second-order valence-corrected chi connectivity index (χ2v) is 7.35. The van der Waals surface area contributed by atoms with Crippen molar-refractivity contribution in [2.75, 3.05) is 13.1 Å². The van der Waals surface area contributed by atoms with Crippen molar-refractivity contribution in [1.29, 1.82) is 0 Å². The van der Waals surface area contributed by atoms with Crippen LogP contribution in [0, 0.1) is 5.92 Å². The lowest BCUT2D eigenvalue weighted by Crippen LogP contribution is -2.44. The maximum absolute atomic E-state index is 12.1. The van der Waals surface area contributed by atoms with E-state index in [4.69, 9.17) is 5.73 Å². The molecule has 1 aromatic heterocycles. The van der Waals surface area contributed by atoms with E-state index in [-0.39, 0.29) is 11.9 Å². The highest BCUT2D eigenvalue weighted by Gasteiger charge is 2.24. The summed E-state index contributed by atoms with van der Waals surface area (Å²) in [4.78, 5) is 14.0. The van der Waals surface area contributed by atoms with Crippen molar-refractivity contribution in [3.8, 4) is 0 Å². The van der Waals surface area contributed by atoms with Crippen LogP contribution in [0.4, 0.5) is 0 Å². The average molecular weight is 343 g/mol. The van der Waals surface area contributed by atoms with Gasteiger partial charge in [0.2, 0.25) is 5.91 Å². The third kappa shape index (κ3) is 4.16. The van der Waals surface area contributed by atoms with Gasteiger partial charge >= 0.3 is 0 Å². The van der Waals surface area contributed by atoms with E-state index in [9.17, 15) is 4.79 Å². The number of nitrogens with two attached hydrogens (primary N) is 1. The Balaban J connectivity index is 1.94. The third-order valence-electron chi connectivity index (χ3n) is 3.52. The number of hydrogen-bond acceptors (Lipinski definition) is 3. The highest BCUT2D eigenvalue weighted by Crippen LogP contribution is 2.22. The topological polar surface area (TPSA) is 46.3 Å². The molecule has 104 valence electrons. The zero-order chi connectivity index (χ0) is 13.8. The zero-order valence-corrected chi connectivity index (χ0v) is 13.4. The average Bonchev–Trinajstić information content (AvgIpc) is 2.82. The second kappa shape index (κ2) is 6.68. The van der Waals surface area contributed by atoms with E-state index in [1.807, 2.05) is 29.3 Å². The minimum atomic E-state index is 0.0904. The number of carbonyl (C=O) groups excluding carboxylic acids is 1. The number of amides is 1. The Kier molecular flexibility index (Phi) is 5.19. The summed E-state index contributed by atoms with van der Waals surface area (Å²) in [7, 11) is 0. The third-order valence-corrected chi connectivity index (χ3v) is 5.04. The molecular formula is C14H19BrN2OS. The predicted octanol–water partition coefficient (Wildman–Crippen LogP) is 3.11.